The van der Waals surface area contributed by atoms with Crippen LogP contribution in [0.4, 0.5) is 0 Å². The van der Waals surface area contributed by atoms with Gasteiger partial charge in [0, 0.05) is 13.1 Å². The second kappa shape index (κ2) is 11.8. The van der Waals surface area contributed by atoms with Crippen LogP contribution in [-0.2, 0) is 30.8 Å². The zero-order valence-corrected chi connectivity index (χ0v) is 20.0. The third-order valence-corrected chi connectivity index (χ3v) is 7.20. The molecule has 11 heteroatoms. The molecule has 1 fully saturated rings. The number of hydrogen-bond donors (Lipinski definition) is 2. The first-order chi connectivity index (χ1) is 16.4. The maximum absolute atomic E-state index is 13.0. The monoisotopic (exact) mass is 491 g/mol. The van der Waals surface area contributed by atoms with Gasteiger partial charge in [-0.3, -0.25) is 9.59 Å². The van der Waals surface area contributed by atoms with Crippen molar-refractivity contribution in [1.82, 2.24) is 14.9 Å². The molecule has 0 unspecified atom stereocenters. The SMILES string of the molecule is COc1ccc(CCNC(=O)C(=O)NC[C@@H]2OCCCN2S(=O)(=O)c2ccccc2)cc1OC. The van der Waals surface area contributed by atoms with Gasteiger partial charge in [0.1, 0.15) is 6.23 Å². The minimum Gasteiger partial charge on any atom is -0.493 e. The van der Waals surface area contributed by atoms with Crippen molar-refractivity contribution < 1.29 is 32.2 Å². The molecule has 0 saturated carbocycles. The van der Waals surface area contributed by atoms with Crippen LogP contribution in [0.15, 0.2) is 53.4 Å². The summed E-state index contributed by atoms with van der Waals surface area (Å²) in [4.78, 5) is 24.6. The summed E-state index contributed by atoms with van der Waals surface area (Å²) in [6.07, 6.45) is 0.115. The quantitative estimate of drug-likeness (QED) is 0.500. The number of sulfonamides is 1. The lowest BCUT2D eigenvalue weighted by molar-refractivity contribution is -0.140. The van der Waals surface area contributed by atoms with Crippen LogP contribution in [0.1, 0.15) is 12.0 Å². The van der Waals surface area contributed by atoms with Crippen molar-refractivity contribution in [2.45, 2.75) is 24.0 Å². The van der Waals surface area contributed by atoms with Gasteiger partial charge in [0.2, 0.25) is 10.0 Å². The van der Waals surface area contributed by atoms with Crippen molar-refractivity contribution in [3.05, 3.63) is 54.1 Å². The number of hydrogen-bond acceptors (Lipinski definition) is 7. The molecule has 1 aliphatic heterocycles. The van der Waals surface area contributed by atoms with E-state index in [-0.39, 0.29) is 24.5 Å². The number of amides is 2. The third kappa shape index (κ3) is 6.25. The van der Waals surface area contributed by atoms with Crippen LogP contribution >= 0.6 is 0 Å². The van der Waals surface area contributed by atoms with E-state index in [0.29, 0.717) is 30.9 Å². The minimum absolute atomic E-state index is 0.143. The molecule has 184 valence electrons. The summed E-state index contributed by atoms with van der Waals surface area (Å²) in [5, 5.41) is 5.03. The van der Waals surface area contributed by atoms with Gasteiger partial charge in [-0.2, -0.15) is 4.31 Å². The van der Waals surface area contributed by atoms with E-state index < -0.39 is 28.1 Å². The van der Waals surface area contributed by atoms with Crippen LogP contribution in [0, 0.1) is 0 Å². The van der Waals surface area contributed by atoms with Crippen molar-refractivity contribution in [1.29, 1.82) is 0 Å². The van der Waals surface area contributed by atoms with Gasteiger partial charge in [0.25, 0.3) is 0 Å². The molecule has 1 saturated heterocycles. The fraction of sp³-hybridized carbons (Fsp3) is 0.391. The fourth-order valence-electron chi connectivity index (χ4n) is 3.53. The third-order valence-electron chi connectivity index (χ3n) is 5.29. The first kappa shape index (κ1) is 25.5. The van der Waals surface area contributed by atoms with E-state index in [1.54, 1.807) is 37.4 Å². The number of ether oxygens (including phenoxy) is 3. The number of carbonyl (C=O) groups excluding carboxylic acids is 2. The Bertz CT molecular complexity index is 1090. The molecule has 2 amide bonds. The molecule has 10 nitrogen and oxygen atoms in total. The molecule has 0 aliphatic carbocycles. The second-order valence-corrected chi connectivity index (χ2v) is 9.40. The van der Waals surface area contributed by atoms with Crippen molar-refractivity contribution in [3.8, 4) is 11.5 Å². The van der Waals surface area contributed by atoms with Gasteiger partial charge in [-0.05, 0) is 42.7 Å². The van der Waals surface area contributed by atoms with Crippen LogP contribution in [0.25, 0.3) is 0 Å². The van der Waals surface area contributed by atoms with Gasteiger partial charge in [0.15, 0.2) is 11.5 Å². The number of nitrogens with zero attached hydrogens (tertiary/aromatic N) is 1. The number of carbonyl (C=O) groups is 2. The highest BCUT2D eigenvalue weighted by Crippen LogP contribution is 2.27. The van der Waals surface area contributed by atoms with Crippen molar-refractivity contribution >= 4 is 21.8 Å². The molecule has 1 atom stereocenters. The highest BCUT2D eigenvalue weighted by Gasteiger charge is 2.34. The van der Waals surface area contributed by atoms with Gasteiger partial charge in [0.05, 0.1) is 32.3 Å². The molecule has 3 rings (SSSR count). The summed E-state index contributed by atoms with van der Waals surface area (Å²) in [6.45, 7) is 0.707. The lowest BCUT2D eigenvalue weighted by Gasteiger charge is -2.34. The molecular weight excluding hydrogens is 462 g/mol. The molecule has 2 N–H and O–H groups in total. The average molecular weight is 492 g/mol. The zero-order valence-electron chi connectivity index (χ0n) is 19.2. The Kier molecular flexibility index (Phi) is 8.85. The molecule has 2 aromatic carbocycles. The van der Waals surface area contributed by atoms with Crippen molar-refractivity contribution in [3.63, 3.8) is 0 Å². The molecule has 0 aromatic heterocycles. The predicted molar refractivity (Wildman–Crippen MR) is 124 cm³/mol. The number of benzene rings is 2. The van der Waals surface area contributed by atoms with Crippen LogP contribution in [-0.4, -0.2) is 71.2 Å². The van der Waals surface area contributed by atoms with Crippen LogP contribution < -0.4 is 20.1 Å². The molecular formula is C23H29N3O7S. The Balaban J connectivity index is 1.51. The van der Waals surface area contributed by atoms with E-state index in [1.165, 1.54) is 23.5 Å². The van der Waals surface area contributed by atoms with Gasteiger partial charge in [-0.1, -0.05) is 24.3 Å². The van der Waals surface area contributed by atoms with Crippen molar-refractivity contribution in [2.24, 2.45) is 0 Å². The number of methoxy groups -OCH3 is 2. The van der Waals surface area contributed by atoms with Crippen LogP contribution in [0.3, 0.4) is 0 Å². The van der Waals surface area contributed by atoms with Gasteiger partial charge >= 0.3 is 11.8 Å². The largest absolute Gasteiger partial charge is 0.493 e. The van der Waals surface area contributed by atoms with E-state index >= 15 is 0 Å². The van der Waals surface area contributed by atoms with Crippen molar-refractivity contribution in [2.75, 3.05) is 40.5 Å². The molecule has 0 bridgehead atoms. The number of nitrogens with one attached hydrogen (secondary N) is 2. The smallest absolute Gasteiger partial charge is 0.309 e. The lowest BCUT2D eigenvalue weighted by atomic mass is 10.1. The predicted octanol–water partition coefficient (Wildman–Crippen LogP) is 0.916. The Morgan fingerprint density at radius 2 is 1.74 bits per heavy atom. The van der Waals surface area contributed by atoms with Crippen LogP contribution in [0.2, 0.25) is 0 Å². The molecule has 34 heavy (non-hydrogen) atoms. The summed E-state index contributed by atoms with van der Waals surface area (Å²) in [7, 11) is -0.713. The molecule has 1 heterocycles. The standard InChI is InChI=1S/C23H29N3O7S/c1-31-19-10-9-17(15-20(19)32-2)11-12-24-22(27)23(28)25-16-21-26(13-6-14-33-21)34(29,30)18-7-4-3-5-8-18/h3-5,7-10,15,21H,6,11-14,16H2,1-2H3,(H,24,27)(H,25,28)/t21-/m0/s1. The van der Waals surface area contributed by atoms with Gasteiger partial charge in [-0.15, -0.1) is 0 Å². The average Bonchev–Trinajstić information content (AvgIpc) is 2.87. The van der Waals surface area contributed by atoms with E-state index in [2.05, 4.69) is 10.6 Å². The summed E-state index contributed by atoms with van der Waals surface area (Å²) in [5.41, 5.74) is 0.899. The maximum atomic E-state index is 13.0. The van der Waals surface area contributed by atoms with E-state index in [9.17, 15) is 18.0 Å². The molecule has 0 spiro atoms. The number of rotatable bonds is 9. The summed E-state index contributed by atoms with van der Waals surface area (Å²) in [6, 6.07) is 13.4. The summed E-state index contributed by atoms with van der Waals surface area (Å²) >= 11 is 0. The van der Waals surface area contributed by atoms with E-state index in [4.69, 9.17) is 14.2 Å². The summed E-state index contributed by atoms with van der Waals surface area (Å²) < 4.78 is 43.2. The van der Waals surface area contributed by atoms with E-state index in [1.807, 2.05) is 6.07 Å². The minimum atomic E-state index is -3.80. The zero-order chi connectivity index (χ0) is 24.6. The fourth-order valence-corrected chi connectivity index (χ4v) is 5.11. The lowest BCUT2D eigenvalue weighted by Crippen LogP contribution is -2.53. The Morgan fingerprint density at radius 3 is 2.44 bits per heavy atom. The normalized spacial score (nSPS) is 16.5. The van der Waals surface area contributed by atoms with Crippen LogP contribution in [0.5, 0.6) is 11.5 Å². The Morgan fingerprint density at radius 1 is 1.03 bits per heavy atom. The van der Waals surface area contributed by atoms with E-state index in [0.717, 1.165) is 5.56 Å². The molecule has 1 aliphatic rings. The molecule has 0 radical (unpaired) electrons. The highest BCUT2D eigenvalue weighted by molar-refractivity contribution is 7.89. The maximum Gasteiger partial charge on any atom is 0.309 e. The topological polar surface area (TPSA) is 123 Å². The van der Waals surface area contributed by atoms with Gasteiger partial charge in [-0.25, -0.2) is 8.42 Å². The Hall–Kier alpha value is -3.15. The Labute approximate surface area is 199 Å². The first-order valence-corrected chi connectivity index (χ1v) is 12.3. The summed E-state index contributed by atoms with van der Waals surface area (Å²) in [5.74, 6) is -0.498. The first-order valence-electron chi connectivity index (χ1n) is 10.8. The highest BCUT2D eigenvalue weighted by atomic mass is 32.2. The van der Waals surface area contributed by atoms with Gasteiger partial charge < -0.3 is 24.8 Å². The second-order valence-electron chi connectivity index (χ2n) is 7.51. The molecule has 2 aromatic rings.